The summed E-state index contributed by atoms with van der Waals surface area (Å²) in [5.41, 5.74) is 5.95. The molecule has 0 bridgehead atoms. The molecule has 2 aromatic rings. The number of rotatable bonds is 10. The zero-order valence-electron chi connectivity index (χ0n) is 19.6. The average molecular weight is 515 g/mol. The van der Waals surface area contributed by atoms with Crippen molar-refractivity contribution in [3.8, 4) is 0 Å². The number of nitrogens with zero attached hydrogens (tertiary/aromatic N) is 3. The van der Waals surface area contributed by atoms with Crippen LogP contribution in [0.1, 0.15) is 23.2 Å². The number of nitrogens with two attached hydrogens (primary N) is 1. The topological polar surface area (TPSA) is 226 Å². The fraction of sp³-hybridized carbons (Fsp3) is 0.250. The second-order valence-corrected chi connectivity index (χ2v) is 7.22. The molecular formula is C20H19N7Na2O7. The fourth-order valence-electron chi connectivity index (χ4n) is 3.13. The Kier molecular flexibility index (Phi) is 12.3. The molecule has 2 heterocycles. The second-order valence-electron chi connectivity index (χ2n) is 7.22. The smallest absolute Gasteiger partial charge is 0.550 e. The van der Waals surface area contributed by atoms with Crippen LogP contribution >= 0.6 is 0 Å². The predicted molar refractivity (Wildman–Crippen MR) is 115 cm³/mol. The van der Waals surface area contributed by atoms with Gasteiger partial charge in [0, 0.05) is 17.2 Å². The molecule has 3 rings (SSSR count). The van der Waals surface area contributed by atoms with Gasteiger partial charge in [0.05, 0.1) is 30.8 Å². The van der Waals surface area contributed by atoms with Crippen LogP contribution in [0.4, 0.5) is 23.1 Å². The van der Waals surface area contributed by atoms with Crippen molar-refractivity contribution in [2.24, 2.45) is 4.99 Å². The third kappa shape index (κ3) is 8.15. The summed E-state index contributed by atoms with van der Waals surface area (Å²) in [5, 5.41) is 26.8. The van der Waals surface area contributed by atoms with Gasteiger partial charge in [-0.25, -0.2) is 4.99 Å². The number of carbonyl (C=O) groups is 4. The first-order valence-corrected chi connectivity index (χ1v) is 9.91. The molecule has 36 heavy (non-hydrogen) atoms. The van der Waals surface area contributed by atoms with Gasteiger partial charge in [-0.3, -0.25) is 19.4 Å². The van der Waals surface area contributed by atoms with E-state index in [0.29, 0.717) is 17.8 Å². The van der Waals surface area contributed by atoms with Gasteiger partial charge in [0.15, 0.2) is 11.5 Å². The molecule has 0 saturated heterocycles. The number of aliphatic carboxylic acids is 2. The summed E-state index contributed by atoms with van der Waals surface area (Å²) in [6.45, 7) is 0.242. The van der Waals surface area contributed by atoms with Crippen LogP contribution in [0.2, 0.25) is 0 Å². The van der Waals surface area contributed by atoms with Crippen LogP contribution in [-0.2, 0) is 14.4 Å². The van der Waals surface area contributed by atoms with Crippen LogP contribution < -0.4 is 96.2 Å². The van der Waals surface area contributed by atoms with Gasteiger partial charge in [-0.15, -0.1) is 0 Å². The summed E-state index contributed by atoms with van der Waals surface area (Å²) in [7, 11) is 0. The Morgan fingerprint density at radius 3 is 2.44 bits per heavy atom. The molecule has 1 atom stereocenters. The maximum absolute atomic E-state index is 12.3. The molecule has 1 aromatic heterocycles. The van der Waals surface area contributed by atoms with Crippen molar-refractivity contribution < 1.29 is 88.5 Å². The quantitative estimate of drug-likeness (QED) is 0.173. The Morgan fingerprint density at radius 1 is 1.19 bits per heavy atom. The summed E-state index contributed by atoms with van der Waals surface area (Å²) < 4.78 is 0. The van der Waals surface area contributed by atoms with Gasteiger partial charge in [0.2, 0.25) is 12.4 Å². The number of aromatic nitrogens is 2. The number of hydrogen-bond acceptors (Lipinski definition) is 11. The monoisotopic (exact) mass is 515 g/mol. The molecule has 16 heteroatoms. The van der Waals surface area contributed by atoms with Crippen LogP contribution in [0.15, 0.2) is 34.1 Å². The molecule has 0 unspecified atom stereocenters. The number of aromatic amines is 1. The van der Waals surface area contributed by atoms with Crippen LogP contribution in [-0.4, -0.2) is 59.1 Å². The number of nitrogens with one attached hydrogen (secondary N) is 3. The third-order valence-corrected chi connectivity index (χ3v) is 4.81. The molecule has 0 spiro atoms. The zero-order chi connectivity index (χ0) is 24.8. The number of fused-ring (bicyclic) bond motifs is 1. The molecule has 5 N–H and O–H groups in total. The Balaban J connectivity index is 0.00000324. The number of anilines is 3. The molecule has 0 saturated carbocycles. The maximum atomic E-state index is 12.3. The van der Waals surface area contributed by atoms with Gasteiger partial charge in [0.1, 0.15) is 0 Å². The largest absolute Gasteiger partial charge is 1.00 e. The number of benzene rings is 1. The molecule has 0 radical (unpaired) electrons. The van der Waals surface area contributed by atoms with E-state index in [1.807, 2.05) is 0 Å². The standard InChI is InChI=1S/C20H21N7O7.2Na/c21-20-25-16-15(18(32)26-20)23-11(7-22-16)8-27(9-28)12-3-1-10(2-4-12)17(31)24-13(19(33)34)5-6-14(29)30;;/h1-4,9,13H,5-8H2,(H,24,31)(H,29,30)(H,33,34)(H4,21,22,25,26,32);;/q;2*+1/p-2/t13-;;/m0../s1. The van der Waals surface area contributed by atoms with Crippen molar-refractivity contribution in [3.05, 3.63) is 40.2 Å². The van der Waals surface area contributed by atoms with Gasteiger partial charge in [0.25, 0.3) is 11.5 Å². The van der Waals surface area contributed by atoms with Gasteiger partial charge in [-0.05, 0) is 37.1 Å². The summed E-state index contributed by atoms with van der Waals surface area (Å²) in [5.74, 6) is -3.67. The Morgan fingerprint density at radius 2 is 1.86 bits per heavy atom. The second kappa shape index (κ2) is 14.1. The van der Waals surface area contributed by atoms with Crippen LogP contribution in [0.5, 0.6) is 0 Å². The fourth-order valence-corrected chi connectivity index (χ4v) is 3.13. The van der Waals surface area contributed by atoms with Crippen LogP contribution in [0.25, 0.3) is 0 Å². The number of carboxylic acid groups (broad SMARTS) is 2. The number of nitrogen functional groups attached to an aromatic ring is 1. The summed E-state index contributed by atoms with van der Waals surface area (Å²) in [4.78, 5) is 69.5. The number of H-pyrrole nitrogens is 1. The van der Waals surface area contributed by atoms with E-state index in [2.05, 4.69) is 25.6 Å². The van der Waals surface area contributed by atoms with Crippen molar-refractivity contribution in [2.45, 2.75) is 18.9 Å². The SMILES string of the molecule is Nc1nc2c(c(=O)[nH]1)N=C(CN(C=O)c1ccc(C(=O)N[C@@H](CCC(=O)[O-])C(=O)[O-])cc1)CN2.[Na+].[Na+]. The third-order valence-electron chi connectivity index (χ3n) is 4.81. The summed E-state index contributed by atoms with van der Waals surface area (Å²) in [6.07, 6.45) is -0.410. The van der Waals surface area contributed by atoms with E-state index in [0.717, 1.165) is 0 Å². The van der Waals surface area contributed by atoms with E-state index in [1.54, 1.807) is 0 Å². The first-order valence-electron chi connectivity index (χ1n) is 9.91. The molecule has 1 aliphatic heterocycles. The van der Waals surface area contributed by atoms with Crippen molar-refractivity contribution in [1.82, 2.24) is 15.3 Å². The van der Waals surface area contributed by atoms with Crippen LogP contribution in [0.3, 0.4) is 0 Å². The van der Waals surface area contributed by atoms with E-state index in [1.165, 1.54) is 29.2 Å². The van der Waals surface area contributed by atoms with E-state index in [-0.39, 0.29) is 95.2 Å². The minimum Gasteiger partial charge on any atom is -0.550 e. The minimum atomic E-state index is -1.63. The molecule has 1 aliphatic rings. The summed E-state index contributed by atoms with van der Waals surface area (Å²) in [6, 6.07) is 4.13. The van der Waals surface area contributed by atoms with Gasteiger partial charge < -0.3 is 41.1 Å². The first-order chi connectivity index (χ1) is 16.2. The molecule has 14 nitrogen and oxygen atoms in total. The Labute approximate surface area is 248 Å². The summed E-state index contributed by atoms with van der Waals surface area (Å²) >= 11 is 0. The molecular weight excluding hydrogens is 496 g/mol. The number of hydrogen-bond donors (Lipinski definition) is 4. The van der Waals surface area contributed by atoms with E-state index < -0.39 is 42.3 Å². The number of carboxylic acids is 2. The van der Waals surface area contributed by atoms with Crippen molar-refractivity contribution >= 4 is 53.1 Å². The molecule has 1 aromatic carbocycles. The van der Waals surface area contributed by atoms with Crippen molar-refractivity contribution in [1.29, 1.82) is 0 Å². The van der Waals surface area contributed by atoms with E-state index in [9.17, 15) is 34.2 Å². The van der Waals surface area contributed by atoms with E-state index in [4.69, 9.17) is 5.73 Å². The zero-order valence-corrected chi connectivity index (χ0v) is 23.6. The Hall–Kier alpha value is -2.75. The first kappa shape index (κ1) is 31.3. The van der Waals surface area contributed by atoms with Crippen molar-refractivity contribution in [2.75, 3.05) is 29.0 Å². The Bertz CT molecular complexity index is 1220. The van der Waals surface area contributed by atoms with Gasteiger partial charge in [-0.1, -0.05) is 0 Å². The average Bonchev–Trinajstić information content (AvgIpc) is 2.80. The van der Waals surface area contributed by atoms with E-state index >= 15 is 0 Å². The van der Waals surface area contributed by atoms with Crippen LogP contribution in [0, 0.1) is 0 Å². The normalized spacial score (nSPS) is 12.3. The molecule has 0 aliphatic carbocycles. The molecule has 2 amide bonds. The number of aliphatic imine (C=N–C) groups is 1. The number of carbonyl (C=O) groups excluding carboxylic acids is 4. The predicted octanol–water partition coefficient (Wildman–Crippen LogP) is -9.10. The molecule has 0 fully saturated rings. The minimum absolute atomic E-state index is 0. The van der Waals surface area contributed by atoms with Gasteiger partial charge >= 0.3 is 59.1 Å². The van der Waals surface area contributed by atoms with Gasteiger partial charge in [-0.2, -0.15) is 4.98 Å². The van der Waals surface area contributed by atoms with Crippen molar-refractivity contribution in [3.63, 3.8) is 0 Å². The number of amides is 2. The molecule has 178 valence electrons. The maximum Gasteiger partial charge on any atom is 1.00 e.